The summed E-state index contributed by atoms with van der Waals surface area (Å²) in [5.41, 5.74) is 0. The van der Waals surface area contributed by atoms with Gasteiger partial charge < -0.3 is 9.88 Å². The molecule has 3 unspecified atom stereocenters. The van der Waals surface area contributed by atoms with Crippen molar-refractivity contribution in [1.82, 2.24) is 14.9 Å². The topological polar surface area (TPSA) is 29.9 Å². The Morgan fingerprint density at radius 1 is 1.30 bits per heavy atom. The first-order chi connectivity index (χ1) is 9.85. The van der Waals surface area contributed by atoms with Gasteiger partial charge in [0.1, 0.15) is 5.82 Å². The predicted molar refractivity (Wildman–Crippen MR) is 82.6 cm³/mol. The smallest absolute Gasteiger partial charge is 0.110 e. The zero-order chi connectivity index (χ0) is 13.9. The first-order valence-electron chi connectivity index (χ1n) is 8.58. The van der Waals surface area contributed by atoms with Crippen molar-refractivity contribution in [2.45, 2.75) is 65.0 Å². The quantitative estimate of drug-likeness (QED) is 0.828. The van der Waals surface area contributed by atoms with Crippen LogP contribution in [0.3, 0.4) is 0 Å². The van der Waals surface area contributed by atoms with Gasteiger partial charge in [0.25, 0.3) is 0 Å². The van der Waals surface area contributed by atoms with E-state index in [1.54, 1.807) is 0 Å². The fraction of sp³-hybridized carbons (Fsp3) is 0.824. The van der Waals surface area contributed by atoms with Crippen molar-refractivity contribution in [2.24, 2.45) is 17.8 Å². The summed E-state index contributed by atoms with van der Waals surface area (Å²) in [7, 11) is 0. The van der Waals surface area contributed by atoms with Crippen LogP contribution in [0.15, 0.2) is 12.4 Å². The van der Waals surface area contributed by atoms with E-state index in [0.29, 0.717) is 6.04 Å². The van der Waals surface area contributed by atoms with E-state index in [1.807, 2.05) is 6.20 Å². The summed E-state index contributed by atoms with van der Waals surface area (Å²) >= 11 is 0. The lowest BCUT2D eigenvalue weighted by Gasteiger charge is -2.19. The van der Waals surface area contributed by atoms with E-state index < -0.39 is 0 Å². The molecule has 1 aromatic rings. The second-order valence-electron chi connectivity index (χ2n) is 6.59. The highest BCUT2D eigenvalue weighted by molar-refractivity contribution is 5.08. The molecule has 3 rings (SSSR count). The Bertz CT molecular complexity index is 414. The summed E-state index contributed by atoms with van der Waals surface area (Å²) in [5, 5.41) is 3.76. The Labute approximate surface area is 123 Å². The molecule has 1 aromatic heterocycles. The van der Waals surface area contributed by atoms with Gasteiger partial charge in [-0.15, -0.1) is 0 Å². The summed E-state index contributed by atoms with van der Waals surface area (Å²) < 4.78 is 2.34. The Morgan fingerprint density at radius 3 is 2.70 bits per heavy atom. The van der Waals surface area contributed by atoms with Gasteiger partial charge in [-0.25, -0.2) is 4.98 Å². The van der Waals surface area contributed by atoms with Gasteiger partial charge in [0, 0.05) is 31.4 Å². The zero-order valence-corrected chi connectivity index (χ0v) is 13.0. The van der Waals surface area contributed by atoms with Crippen LogP contribution in [0.25, 0.3) is 0 Å². The van der Waals surface area contributed by atoms with E-state index >= 15 is 0 Å². The minimum atomic E-state index is 0.645. The predicted octanol–water partition coefficient (Wildman–Crippen LogP) is 3.25. The van der Waals surface area contributed by atoms with Gasteiger partial charge >= 0.3 is 0 Å². The Balaban J connectivity index is 1.66. The molecule has 1 heterocycles. The van der Waals surface area contributed by atoms with E-state index in [1.165, 1.54) is 37.9 Å². The van der Waals surface area contributed by atoms with Crippen LogP contribution in [0.2, 0.25) is 0 Å². The van der Waals surface area contributed by atoms with E-state index in [0.717, 1.165) is 37.3 Å². The van der Waals surface area contributed by atoms with Crippen LogP contribution in [-0.2, 0) is 13.0 Å². The van der Waals surface area contributed by atoms with E-state index in [2.05, 4.69) is 34.9 Å². The molecule has 20 heavy (non-hydrogen) atoms. The SMILES string of the molecule is CCCn1ccnc1CC(NCC)C1C2CCCCC21. The summed E-state index contributed by atoms with van der Waals surface area (Å²) in [6.45, 7) is 6.65. The molecule has 2 aliphatic carbocycles. The molecule has 3 nitrogen and oxygen atoms in total. The van der Waals surface area contributed by atoms with E-state index in [-0.39, 0.29) is 0 Å². The van der Waals surface area contributed by atoms with Gasteiger partial charge in [-0.1, -0.05) is 26.7 Å². The van der Waals surface area contributed by atoms with Gasteiger partial charge in [0.05, 0.1) is 0 Å². The molecule has 3 heteroatoms. The van der Waals surface area contributed by atoms with Crippen LogP contribution in [-0.4, -0.2) is 22.1 Å². The van der Waals surface area contributed by atoms with Crippen LogP contribution < -0.4 is 5.32 Å². The van der Waals surface area contributed by atoms with Crippen LogP contribution in [0.4, 0.5) is 0 Å². The van der Waals surface area contributed by atoms with Crippen molar-refractivity contribution in [3.05, 3.63) is 18.2 Å². The third kappa shape index (κ3) is 2.78. The monoisotopic (exact) mass is 275 g/mol. The van der Waals surface area contributed by atoms with Crippen molar-refractivity contribution in [2.75, 3.05) is 6.54 Å². The number of likely N-dealkylation sites (N-methyl/N-ethyl adjacent to an activating group) is 1. The maximum absolute atomic E-state index is 4.61. The second-order valence-corrected chi connectivity index (χ2v) is 6.59. The summed E-state index contributed by atoms with van der Waals surface area (Å²) in [5.74, 6) is 4.23. The van der Waals surface area contributed by atoms with Gasteiger partial charge in [0.2, 0.25) is 0 Å². The number of hydrogen-bond acceptors (Lipinski definition) is 2. The molecule has 3 atom stereocenters. The number of aromatic nitrogens is 2. The van der Waals surface area contributed by atoms with Gasteiger partial charge in [-0.05, 0) is 43.6 Å². The number of rotatable bonds is 7. The standard InChI is InChI=1S/C17H29N3/c1-3-10-20-11-9-19-16(20)12-15(18-4-2)17-13-7-5-6-8-14(13)17/h9,11,13-15,17-18H,3-8,10,12H2,1-2H3. The lowest BCUT2D eigenvalue weighted by Crippen LogP contribution is -2.35. The normalized spacial score (nSPS) is 30.0. The summed E-state index contributed by atoms with van der Waals surface area (Å²) in [4.78, 5) is 4.61. The van der Waals surface area contributed by atoms with E-state index in [9.17, 15) is 0 Å². The third-order valence-electron chi connectivity index (χ3n) is 5.32. The number of nitrogens with zero attached hydrogens (tertiary/aromatic N) is 2. The van der Waals surface area contributed by atoms with Crippen LogP contribution in [0, 0.1) is 17.8 Å². The van der Waals surface area contributed by atoms with Crippen molar-refractivity contribution in [3.63, 3.8) is 0 Å². The number of fused-ring (bicyclic) bond motifs is 1. The third-order valence-corrected chi connectivity index (χ3v) is 5.32. The summed E-state index contributed by atoms with van der Waals surface area (Å²) in [6, 6.07) is 0.645. The number of imidazole rings is 1. The number of hydrogen-bond donors (Lipinski definition) is 1. The molecular formula is C17H29N3. The lowest BCUT2D eigenvalue weighted by molar-refractivity contribution is 0.422. The van der Waals surface area contributed by atoms with Crippen molar-refractivity contribution in [3.8, 4) is 0 Å². The first kappa shape index (κ1) is 14.1. The molecule has 0 radical (unpaired) electrons. The highest BCUT2D eigenvalue weighted by atomic mass is 15.1. The molecule has 0 saturated heterocycles. The van der Waals surface area contributed by atoms with Crippen molar-refractivity contribution < 1.29 is 0 Å². The first-order valence-corrected chi connectivity index (χ1v) is 8.58. The largest absolute Gasteiger partial charge is 0.335 e. The molecule has 0 spiro atoms. The highest BCUT2D eigenvalue weighted by Gasteiger charge is 2.53. The molecule has 2 saturated carbocycles. The maximum Gasteiger partial charge on any atom is 0.110 e. The Morgan fingerprint density at radius 2 is 2.05 bits per heavy atom. The van der Waals surface area contributed by atoms with E-state index in [4.69, 9.17) is 0 Å². The molecule has 0 bridgehead atoms. The van der Waals surface area contributed by atoms with Crippen molar-refractivity contribution >= 4 is 0 Å². The lowest BCUT2D eigenvalue weighted by atomic mass is 10.0. The van der Waals surface area contributed by atoms with Crippen molar-refractivity contribution in [1.29, 1.82) is 0 Å². The fourth-order valence-electron chi connectivity index (χ4n) is 4.42. The van der Waals surface area contributed by atoms with Crippen LogP contribution >= 0.6 is 0 Å². The summed E-state index contributed by atoms with van der Waals surface area (Å²) in [6.07, 6.45) is 12.3. The number of aryl methyl sites for hydroxylation is 1. The Hall–Kier alpha value is -0.830. The highest BCUT2D eigenvalue weighted by Crippen LogP contribution is 2.57. The second kappa shape index (κ2) is 6.30. The average Bonchev–Trinajstić information content (AvgIpc) is 3.04. The van der Waals surface area contributed by atoms with Gasteiger partial charge in [-0.3, -0.25) is 0 Å². The Kier molecular flexibility index (Phi) is 4.45. The molecule has 1 N–H and O–H groups in total. The average molecular weight is 275 g/mol. The minimum Gasteiger partial charge on any atom is -0.335 e. The molecular weight excluding hydrogens is 246 g/mol. The van der Waals surface area contributed by atoms with Crippen LogP contribution in [0.5, 0.6) is 0 Å². The molecule has 0 amide bonds. The fourth-order valence-corrected chi connectivity index (χ4v) is 4.42. The molecule has 0 aliphatic heterocycles. The van der Waals surface area contributed by atoms with Gasteiger partial charge in [0.15, 0.2) is 0 Å². The zero-order valence-electron chi connectivity index (χ0n) is 13.0. The molecule has 2 fully saturated rings. The molecule has 112 valence electrons. The number of nitrogens with one attached hydrogen (secondary N) is 1. The maximum atomic E-state index is 4.61. The van der Waals surface area contributed by atoms with Gasteiger partial charge in [-0.2, -0.15) is 0 Å². The molecule has 0 aromatic carbocycles. The minimum absolute atomic E-state index is 0.645. The molecule has 2 aliphatic rings. The van der Waals surface area contributed by atoms with Crippen LogP contribution in [0.1, 0.15) is 51.8 Å².